The van der Waals surface area contributed by atoms with Crippen molar-refractivity contribution < 1.29 is 29.6 Å². The summed E-state index contributed by atoms with van der Waals surface area (Å²) in [6.07, 6.45) is -2.73. The van der Waals surface area contributed by atoms with Gasteiger partial charge in [-0.25, -0.2) is 19.7 Å². The van der Waals surface area contributed by atoms with E-state index in [4.69, 9.17) is 9.47 Å². The van der Waals surface area contributed by atoms with Crippen molar-refractivity contribution in [3.8, 4) is 5.75 Å². The maximum absolute atomic E-state index is 12.3. The molecule has 1 aliphatic heterocycles. The Hall–Kier alpha value is -2.77. The van der Waals surface area contributed by atoms with Gasteiger partial charge in [-0.2, -0.15) is 12.6 Å². The van der Waals surface area contributed by atoms with Crippen molar-refractivity contribution in [3.05, 3.63) is 42.5 Å². The number of carbonyl (C=O) groups excluding carboxylic acids is 1. The summed E-state index contributed by atoms with van der Waals surface area (Å²) >= 11 is 4.18. The molecule has 3 heterocycles. The van der Waals surface area contributed by atoms with Gasteiger partial charge in [0.2, 0.25) is 0 Å². The summed E-state index contributed by atoms with van der Waals surface area (Å²) in [5, 5.41) is 32.0. The van der Waals surface area contributed by atoms with Crippen LogP contribution in [0.1, 0.15) is 11.8 Å². The number of aliphatic hydroxyl groups is 3. The lowest BCUT2D eigenvalue weighted by molar-refractivity contribution is -0.0511. The Morgan fingerprint density at radius 1 is 1.20 bits per heavy atom. The van der Waals surface area contributed by atoms with Gasteiger partial charge in [0.25, 0.3) is 0 Å². The predicted molar refractivity (Wildman–Crippen MR) is 107 cm³/mol. The van der Waals surface area contributed by atoms with Gasteiger partial charge >= 0.3 is 6.09 Å². The van der Waals surface area contributed by atoms with Gasteiger partial charge in [-0.1, -0.05) is 12.1 Å². The fourth-order valence-electron chi connectivity index (χ4n) is 3.13. The number of nitrogens with one attached hydrogen (secondary N) is 1. The molecule has 2 unspecified atom stereocenters. The Kier molecular flexibility index (Phi) is 5.83. The first kappa shape index (κ1) is 20.5. The van der Waals surface area contributed by atoms with Gasteiger partial charge < -0.3 is 24.8 Å². The third-order valence-corrected chi connectivity index (χ3v) is 5.05. The van der Waals surface area contributed by atoms with E-state index in [0.717, 1.165) is 5.56 Å². The lowest BCUT2D eigenvalue weighted by atomic mass is 10.1. The van der Waals surface area contributed by atoms with Crippen LogP contribution in [0.3, 0.4) is 0 Å². The van der Waals surface area contributed by atoms with Crippen LogP contribution in [0.5, 0.6) is 5.75 Å². The summed E-state index contributed by atoms with van der Waals surface area (Å²) < 4.78 is 12.1. The summed E-state index contributed by atoms with van der Waals surface area (Å²) in [6.45, 7) is -0.454. The van der Waals surface area contributed by atoms with Crippen molar-refractivity contribution in [3.63, 3.8) is 0 Å². The van der Waals surface area contributed by atoms with Crippen LogP contribution in [0.25, 0.3) is 11.2 Å². The number of carbonyl (C=O) groups is 1. The summed E-state index contributed by atoms with van der Waals surface area (Å²) in [6, 6.07) is 6.89. The number of ether oxygens (including phenoxy) is 2. The van der Waals surface area contributed by atoms with E-state index in [1.165, 1.54) is 17.2 Å². The van der Waals surface area contributed by atoms with E-state index in [1.807, 2.05) is 0 Å². The third-order valence-electron chi connectivity index (χ3n) is 4.69. The normalized spacial score (nSPS) is 23.6. The number of hydrogen-bond acceptors (Lipinski definition) is 10. The van der Waals surface area contributed by atoms with Crippen LogP contribution in [0.2, 0.25) is 0 Å². The van der Waals surface area contributed by atoms with E-state index >= 15 is 0 Å². The first-order chi connectivity index (χ1) is 14.5. The number of aliphatic hydroxyl groups excluding tert-OH is 3. The number of imidazole rings is 1. The van der Waals surface area contributed by atoms with E-state index in [0.29, 0.717) is 11.5 Å². The maximum Gasteiger partial charge on any atom is 0.418 e. The van der Waals surface area contributed by atoms with Gasteiger partial charge in [0.05, 0.1) is 12.9 Å². The molecule has 12 heteroatoms. The van der Waals surface area contributed by atoms with Crippen LogP contribution in [-0.2, 0) is 10.5 Å². The first-order valence-corrected chi connectivity index (χ1v) is 9.63. The molecule has 30 heavy (non-hydrogen) atoms. The second-order valence-electron chi connectivity index (χ2n) is 6.59. The van der Waals surface area contributed by atoms with E-state index in [1.54, 1.807) is 24.3 Å². The predicted octanol–water partition coefficient (Wildman–Crippen LogP) is 0.478. The lowest BCUT2D eigenvalue weighted by Gasteiger charge is -2.16. The van der Waals surface area contributed by atoms with Gasteiger partial charge in [-0.3, -0.25) is 9.88 Å². The summed E-state index contributed by atoms with van der Waals surface area (Å²) in [5.41, 5.74) is 1.48. The minimum Gasteiger partial charge on any atom is -0.410 e. The molecule has 4 rings (SSSR count). The second kappa shape index (κ2) is 8.53. The molecule has 0 aliphatic carbocycles. The number of aromatic nitrogens is 4. The fraction of sp³-hybridized carbons (Fsp3) is 0.333. The molecular weight excluding hydrogens is 414 g/mol. The number of hydrogen-bond donors (Lipinski definition) is 5. The van der Waals surface area contributed by atoms with E-state index in [9.17, 15) is 20.1 Å². The Balaban J connectivity index is 1.54. The van der Waals surface area contributed by atoms with E-state index in [-0.39, 0.29) is 17.0 Å². The SMILES string of the molecule is O=C(Nc1ncnc2c1ncn2[C@@H]1O[C@H](CO)C(O)C1O)Oc1ccc(CS)cc1. The summed E-state index contributed by atoms with van der Waals surface area (Å²) in [5.74, 6) is 1.02. The molecule has 1 aliphatic rings. The highest BCUT2D eigenvalue weighted by molar-refractivity contribution is 7.79. The number of fused-ring (bicyclic) bond motifs is 1. The molecule has 3 aromatic rings. The minimum absolute atomic E-state index is 0.0995. The molecule has 4 atom stereocenters. The third kappa shape index (κ3) is 3.82. The molecule has 0 spiro atoms. The number of rotatable bonds is 5. The van der Waals surface area contributed by atoms with Crippen molar-refractivity contribution in [1.29, 1.82) is 0 Å². The first-order valence-electron chi connectivity index (χ1n) is 9.00. The minimum atomic E-state index is -1.30. The fourth-order valence-corrected chi connectivity index (χ4v) is 3.34. The molecule has 11 nitrogen and oxygen atoms in total. The highest BCUT2D eigenvalue weighted by atomic mass is 32.1. The molecule has 0 bridgehead atoms. The monoisotopic (exact) mass is 433 g/mol. The summed E-state index contributed by atoms with van der Waals surface area (Å²) in [7, 11) is 0. The average Bonchev–Trinajstić information content (AvgIpc) is 3.30. The number of amides is 1. The van der Waals surface area contributed by atoms with Crippen molar-refractivity contribution in [1.82, 2.24) is 19.5 Å². The van der Waals surface area contributed by atoms with E-state index < -0.39 is 37.2 Å². The van der Waals surface area contributed by atoms with Gasteiger partial charge in [-0.05, 0) is 17.7 Å². The molecule has 0 saturated carbocycles. The van der Waals surface area contributed by atoms with Gasteiger partial charge in [-0.15, -0.1) is 0 Å². The number of nitrogens with zero attached hydrogens (tertiary/aromatic N) is 4. The quantitative estimate of drug-likeness (QED) is 0.362. The molecule has 1 saturated heterocycles. The van der Waals surface area contributed by atoms with Crippen molar-refractivity contribution in [2.45, 2.75) is 30.3 Å². The summed E-state index contributed by atoms with van der Waals surface area (Å²) in [4.78, 5) is 24.6. The molecule has 1 amide bonds. The Morgan fingerprint density at radius 2 is 1.97 bits per heavy atom. The Morgan fingerprint density at radius 3 is 2.63 bits per heavy atom. The van der Waals surface area contributed by atoms with Crippen molar-refractivity contribution in [2.24, 2.45) is 0 Å². The largest absolute Gasteiger partial charge is 0.418 e. The zero-order valence-corrected chi connectivity index (χ0v) is 16.4. The van der Waals surface area contributed by atoms with Crippen LogP contribution in [0, 0.1) is 0 Å². The second-order valence-corrected chi connectivity index (χ2v) is 6.91. The molecule has 158 valence electrons. The van der Waals surface area contributed by atoms with Gasteiger partial charge in [0.15, 0.2) is 23.2 Å². The Labute approximate surface area is 175 Å². The lowest BCUT2D eigenvalue weighted by Crippen LogP contribution is -2.33. The number of thiol groups is 1. The zero-order valence-electron chi connectivity index (χ0n) is 15.5. The van der Waals surface area contributed by atoms with Crippen molar-refractivity contribution >= 4 is 35.7 Å². The van der Waals surface area contributed by atoms with Crippen LogP contribution in [-0.4, -0.2) is 65.9 Å². The van der Waals surface area contributed by atoms with Crippen LogP contribution in [0.15, 0.2) is 36.9 Å². The molecule has 2 aromatic heterocycles. The maximum atomic E-state index is 12.3. The molecule has 4 N–H and O–H groups in total. The topological polar surface area (TPSA) is 152 Å². The Bertz CT molecular complexity index is 1050. The molecule has 1 aromatic carbocycles. The van der Waals surface area contributed by atoms with Gasteiger partial charge in [0, 0.05) is 5.75 Å². The van der Waals surface area contributed by atoms with Crippen LogP contribution >= 0.6 is 12.6 Å². The number of anilines is 1. The van der Waals surface area contributed by atoms with Crippen LogP contribution in [0.4, 0.5) is 10.6 Å². The van der Waals surface area contributed by atoms with Crippen LogP contribution < -0.4 is 10.1 Å². The molecule has 0 radical (unpaired) electrons. The number of benzene rings is 1. The highest BCUT2D eigenvalue weighted by Crippen LogP contribution is 2.32. The van der Waals surface area contributed by atoms with Crippen molar-refractivity contribution in [2.75, 3.05) is 11.9 Å². The average molecular weight is 433 g/mol. The van der Waals surface area contributed by atoms with E-state index in [2.05, 4.69) is 32.9 Å². The smallest absolute Gasteiger partial charge is 0.410 e. The molecular formula is C18H19N5O6S. The van der Waals surface area contributed by atoms with Gasteiger partial charge in [0.1, 0.15) is 30.4 Å². The zero-order chi connectivity index (χ0) is 21.3. The standard InChI is InChI=1S/C18H19N5O6S/c24-5-11-13(25)14(26)17(29-11)23-8-21-12-15(19-7-20-16(12)23)22-18(27)28-10-3-1-9(6-30)2-4-10/h1-4,7-8,11,13-14,17,24-26,30H,5-6H2,(H,19,20,22,27)/t11-,13?,14?,17-/m1/s1. The molecule has 1 fully saturated rings. The highest BCUT2D eigenvalue weighted by Gasteiger charge is 2.44.